The minimum absolute atomic E-state index is 0.184. The normalized spacial score (nSPS) is 22.4. The van der Waals surface area contributed by atoms with Crippen LogP contribution in [0.5, 0.6) is 0 Å². The van der Waals surface area contributed by atoms with Crippen molar-refractivity contribution in [3.8, 4) is 0 Å². The summed E-state index contributed by atoms with van der Waals surface area (Å²) >= 11 is 0. The molecule has 1 saturated carbocycles. The summed E-state index contributed by atoms with van der Waals surface area (Å²) < 4.78 is 0. The lowest BCUT2D eigenvalue weighted by molar-refractivity contribution is -0.141. The highest BCUT2D eigenvalue weighted by Gasteiger charge is 2.48. The number of nitrogens with zero attached hydrogens (tertiary/aromatic N) is 1. The second kappa shape index (κ2) is 5.51. The van der Waals surface area contributed by atoms with Crippen molar-refractivity contribution >= 4 is 11.8 Å². The van der Waals surface area contributed by atoms with Crippen LogP contribution in [0.2, 0.25) is 0 Å². The number of amides is 2. The molecule has 2 rings (SSSR count). The average Bonchev–Trinajstić information content (AvgIpc) is 2.34. The van der Waals surface area contributed by atoms with Gasteiger partial charge in [-0.1, -0.05) is 13.8 Å². The topological polar surface area (TPSA) is 49.4 Å². The average molecular weight is 266 g/mol. The smallest absolute Gasteiger partial charge is 0.222 e. The number of carbonyl (C=O) groups is 2. The first-order valence-corrected chi connectivity index (χ1v) is 7.45. The van der Waals surface area contributed by atoms with Crippen LogP contribution in [0.15, 0.2) is 0 Å². The number of carbonyl (C=O) groups excluding carboxylic acids is 2. The molecule has 2 amide bonds. The maximum atomic E-state index is 12.0. The predicted octanol–water partition coefficient (Wildman–Crippen LogP) is 1.80. The molecule has 4 heteroatoms. The van der Waals surface area contributed by atoms with Gasteiger partial charge in [-0.25, -0.2) is 0 Å². The number of piperidine rings is 1. The zero-order valence-corrected chi connectivity index (χ0v) is 12.4. The van der Waals surface area contributed by atoms with E-state index in [1.54, 1.807) is 7.05 Å². The Morgan fingerprint density at radius 3 is 2.32 bits per heavy atom. The summed E-state index contributed by atoms with van der Waals surface area (Å²) in [6.45, 7) is 5.94. The lowest BCUT2D eigenvalue weighted by Gasteiger charge is -2.51. The van der Waals surface area contributed by atoms with Gasteiger partial charge in [0.2, 0.25) is 11.8 Å². The van der Waals surface area contributed by atoms with Crippen LogP contribution in [-0.2, 0) is 9.59 Å². The van der Waals surface area contributed by atoms with Crippen LogP contribution in [0.3, 0.4) is 0 Å². The minimum atomic E-state index is 0.184. The van der Waals surface area contributed by atoms with Crippen LogP contribution < -0.4 is 5.32 Å². The van der Waals surface area contributed by atoms with E-state index in [-0.39, 0.29) is 11.8 Å². The summed E-state index contributed by atoms with van der Waals surface area (Å²) in [4.78, 5) is 25.6. The molecule has 0 atom stereocenters. The zero-order chi connectivity index (χ0) is 14.0. The number of hydrogen-bond acceptors (Lipinski definition) is 2. The van der Waals surface area contributed by atoms with Gasteiger partial charge < -0.3 is 10.2 Å². The monoisotopic (exact) mass is 266 g/mol. The molecule has 1 N–H and O–H groups in total. The Bertz CT molecular complexity index is 349. The van der Waals surface area contributed by atoms with Crippen molar-refractivity contribution in [1.29, 1.82) is 0 Å². The van der Waals surface area contributed by atoms with Gasteiger partial charge in [0, 0.05) is 32.5 Å². The first-order chi connectivity index (χ1) is 8.96. The Morgan fingerprint density at radius 2 is 1.84 bits per heavy atom. The van der Waals surface area contributed by atoms with Crippen LogP contribution in [0.1, 0.15) is 46.0 Å². The molecule has 0 radical (unpaired) electrons. The molecule has 0 aromatic carbocycles. The van der Waals surface area contributed by atoms with Crippen LogP contribution in [0, 0.1) is 17.3 Å². The molecular formula is C15H26N2O2. The second-order valence-corrected chi connectivity index (χ2v) is 6.70. The molecule has 1 aliphatic carbocycles. The molecule has 2 fully saturated rings. The van der Waals surface area contributed by atoms with E-state index in [0.29, 0.717) is 23.7 Å². The first kappa shape index (κ1) is 14.4. The number of nitrogens with one attached hydrogen (secondary N) is 1. The summed E-state index contributed by atoms with van der Waals surface area (Å²) in [6.07, 6.45) is 4.83. The molecule has 19 heavy (non-hydrogen) atoms. The van der Waals surface area contributed by atoms with Gasteiger partial charge in [0.1, 0.15) is 0 Å². The van der Waals surface area contributed by atoms with Crippen molar-refractivity contribution < 1.29 is 9.59 Å². The molecule has 108 valence electrons. The maximum absolute atomic E-state index is 12.0. The molecule has 0 aromatic rings. The lowest BCUT2D eigenvalue weighted by atomic mass is 9.57. The van der Waals surface area contributed by atoms with E-state index < -0.39 is 0 Å². The third-order valence-electron chi connectivity index (χ3n) is 4.74. The van der Waals surface area contributed by atoms with Gasteiger partial charge in [-0.05, 0) is 37.0 Å². The second-order valence-electron chi connectivity index (χ2n) is 6.70. The highest BCUT2D eigenvalue weighted by atomic mass is 16.2. The molecule has 0 bridgehead atoms. The van der Waals surface area contributed by atoms with E-state index in [1.807, 2.05) is 4.90 Å². The van der Waals surface area contributed by atoms with E-state index in [0.717, 1.165) is 38.8 Å². The lowest BCUT2D eigenvalue weighted by Crippen LogP contribution is -2.51. The van der Waals surface area contributed by atoms with Crippen LogP contribution in [-0.4, -0.2) is 36.9 Å². The standard InChI is InChI=1S/C15H26N2O2/c1-11(2)8-13(18)17-6-4-15(5-7-17)9-12(10-15)14(19)16-3/h11-12H,4-10H2,1-3H3,(H,16,19). The summed E-state index contributed by atoms with van der Waals surface area (Å²) in [7, 11) is 1.71. The Kier molecular flexibility index (Phi) is 4.16. The summed E-state index contributed by atoms with van der Waals surface area (Å²) in [6, 6.07) is 0. The van der Waals surface area contributed by atoms with Crippen LogP contribution in [0.25, 0.3) is 0 Å². The molecule has 0 unspecified atom stereocenters. The molecule has 1 heterocycles. The van der Waals surface area contributed by atoms with Gasteiger partial charge in [0.05, 0.1) is 0 Å². The first-order valence-electron chi connectivity index (χ1n) is 7.45. The fourth-order valence-electron chi connectivity index (χ4n) is 3.49. The van der Waals surface area contributed by atoms with Crippen molar-refractivity contribution in [2.45, 2.75) is 46.0 Å². The van der Waals surface area contributed by atoms with Crippen molar-refractivity contribution in [2.24, 2.45) is 17.3 Å². The molecule has 1 saturated heterocycles. The molecule has 4 nitrogen and oxygen atoms in total. The Hall–Kier alpha value is -1.06. The Morgan fingerprint density at radius 1 is 1.26 bits per heavy atom. The van der Waals surface area contributed by atoms with Gasteiger partial charge in [-0.15, -0.1) is 0 Å². The molecule has 1 spiro atoms. The zero-order valence-electron chi connectivity index (χ0n) is 12.4. The fourth-order valence-corrected chi connectivity index (χ4v) is 3.49. The van der Waals surface area contributed by atoms with Crippen LogP contribution in [0.4, 0.5) is 0 Å². The Labute approximate surface area is 115 Å². The van der Waals surface area contributed by atoms with Gasteiger partial charge in [0.15, 0.2) is 0 Å². The van der Waals surface area contributed by atoms with Crippen molar-refractivity contribution in [3.05, 3.63) is 0 Å². The SMILES string of the molecule is CNC(=O)C1CC2(CCN(C(=O)CC(C)C)CC2)C1. The molecule has 0 aromatic heterocycles. The minimum Gasteiger partial charge on any atom is -0.359 e. The third-order valence-corrected chi connectivity index (χ3v) is 4.74. The molecular weight excluding hydrogens is 240 g/mol. The van der Waals surface area contributed by atoms with Crippen molar-refractivity contribution in [2.75, 3.05) is 20.1 Å². The van der Waals surface area contributed by atoms with E-state index in [4.69, 9.17) is 0 Å². The summed E-state index contributed by atoms with van der Waals surface area (Å²) in [5.41, 5.74) is 0.353. The molecule has 1 aliphatic heterocycles. The number of likely N-dealkylation sites (tertiary alicyclic amines) is 1. The predicted molar refractivity (Wildman–Crippen MR) is 74.5 cm³/mol. The number of rotatable bonds is 3. The van der Waals surface area contributed by atoms with E-state index in [1.165, 1.54) is 0 Å². The van der Waals surface area contributed by atoms with Crippen molar-refractivity contribution in [3.63, 3.8) is 0 Å². The van der Waals surface area contributed by atoms with Gasteiger partial charge in [-0.3, -0.25) is 9.59 Å². The van der Waals surface area contributed by atoms with E-state index in [9.17, 15) is 9.59 Å². The highest BCUT2D eigenvalue weighted by Crippen LogP contribution is 2.52. The fraction of sp³-hybridized carbons (Fsp3) is 0.867. The largest absolute Gasteiger partial charge is 0.359 e. The van der Waals surface area contributed by atoms with Gasteiger partial charge >= 0.3 is 0 Å². The van der Waals surface area contributed by atoms with Crippen LogP contribution >= 0.6 is 0 Å². The summed E-state index contributed by atoms with van der Waals surface area (Å²) in [5, 5.41) is 2.73. The van der Waals surface area contributed by atoms with Gasteiger partial charge in [-0.2, -0.15) is 0 Å². The summed E-state index contributed by atoms with van der Waals surface area (Å²) in [5.74, 6) is 1.13. The number of hydrogen-bond donors (Lipinski definition) is 1. The molecule has 2 aliphatic rings. The highest BCUT2D eigenvalue weighted by molar-refractivity contribution is 5.79. The third kappa shape index (κ3) is 3.10. The van der Waals surface area contributed by atoms with Crippen molar-refractivity contribution in [1.82, 2.24) is 10.2 Å². The Balaban J connectivity index is 1.78. The quantitative estimate of drug-likeness (QED) is 0.847. The van der Waals surface area contributed by atoms with E-state index in [2.05, 4.69) is 19.2 Å². The van der Waals surface area contributed by atoms with Gasteiger partial charge in [0.25, 0.3) is 0 Å². The van der Waals surface area contributed by atoms with E-state index >= 15 is 0 Å². The maximum Gasteiger partial charge on any atom is 0.222 e.